The number of carbonyl (C=O) groups is 2. The number of aryl methyl sites for hydroxylation is 2. The minimum absolute atomic E-state index is 0.171. The summed E-state index contributed by atoms with van der Waals surface area (Å²) in [6.45, 7) is 2.05. The average molecular weight is 485 g/mol. The fourth-order valence-corrected chi connectivity index (χ4v) is 2.75. The second-order valence-corrected chi connectivity index (χ2v) is 7.24. The van der Waals surface area contributed by atoms with E-state index in [1.54, 1.807) is 7.11 Å². The van der Waals surface area contributed by atoms with Crippen molar-refractivity contribution < 1.29 is 42.4 Å². The van der Waals surface area contributed by atoms with Crippen LogP contribution in [0.15, 0.2) is 48.5 Å². The van der Waals surface area contributed by atoms with Crippen LogP contribution in [0.5, 0.6) is 11.5 Å². The summed E-state index contributed by atoms with van der Waals surface area (Å²) in [5.41, 5.74) is 2.55. The number of nitrogens with one attached hydrogen (secondary N) is 1. The molecule has 0 aliphatic carbocycles. The molecular formula is C24H30F3NO6. The number of hydrogen-bond donors (Lipinski definition) is 3. The van der Waals surface area contributed by atoms with E-state index in [1.165, 1.54) is 11.1 Å². The zero-order valence-electron chi connectivity index (χ0n) is 18.9. The Morgan fingerprint density at radius 3 is 1.82 bits per heavy atom. The molecule has 0 saturated heterocycles. The molecule has 0 aromatic heterocycles. The number of halogens is 3. The van der Waals surface area contributed by atoms with Gasteiger partial charge in [-0.25, -0.2) is 4.79 Å². The van der Waals surface area contributed by atoms with Crippen molar-refractivity contribution in [1.82, 2.24) is 5.32 Å². The molecule has 2 aromatic rings. The molecule has 188 valence electrons. The Bertz CT molecular complexity index is 855. The van der Waals surface area contributed by atoms with Crippen molar-refractivity contribution in [3.05, 3.63) is 59.7 Å². The van der Waals surface area contributed by atoms with Crippen LogP contribution in [-0.2, 0) is 22.4 Å². The quantitative estimate of drug-likeness (QED) is 0.363. The molecule has 0 aliphatic heterocycles. The van der Waals surface area contributed by atoms with Gasteiger partial charge in [0, 0.05) is 6.54 Å². The molecule has 0 aliphatic rings. The van der Waals surface area contributed by atoms with Gasteiger partial charge in [-0.05, 0) is 67.6 Å². The maximum atomic E-state index is 10.6. The Kier molecular flexibility index (Phi) is 13.2. The van der Waals surface area contributed by atoms with Crippen molar-refractivity contribution in [2.75, 3.05) is 26.8 Å². The van der Waals surface area contributed by atoms with E-state index in [9.17, 15) is 18.0 Å². The molecule has 0 fully saturated rings. The molecule has 2 rings (SSSR count). The van der Waals surface area contributed by atoms with Gasteiger partial charge in [0.2, 0.25) is 0 Å². The monoisotopic (exact) mass is 485 g/mol. The van der Waals surface area contributed by atoms with Gasteiger partial charge in [0.25, 0.3) is 0 Å². The Balaban J connectivity index is 0.000000718. The minimum atomic E-state index is -5.08. The first-order chi connectivity index (χ1) is 16.1. The number of rotatable bonds is 13. The van der Waals surface area contributed by atoms with Crippen LogP contribution in [0.3, 0.4) is 0 Å². The number of aliphatic carboxylic acids is 2. The molecule has 3 N–H and O–H groups in total. The zero-order valence-corrected chi connectivity index (χ0v) is 18.9. The summed E-state index contributed by atoms with van der Waals surface area (Å²) in [4.78, 5) is 19.3. The summed E-state index contributed by atoms with van der Waals surface area (Å²) in [6.07, 6.45) is -1.00. The molecular weight excluding hydrogens is 455 g/mol. The molecule has 0 unspecified atom stereocenters. The third kappa shape index (κ3) is 13.3. The van der Waals surface area contributed by atoms with E-state index in [0.717, 1.165) is 43.7 Å². The van der Waals surface area contributed by atoms with E-state index in [2.05, 4.69) is 29.6 Å². The summed E-state index contributed by atoms with van der Waals surface area (Å²) < 4.78 is 42.7. The van der Waals surface area contributed by atoms with Gasteiger partial charge < -0.3 is 25.0 Å². The van der Waals surface area contributed by atoms with Crippen LogP contribution in [0.25, 0.3) is 0 Å². The normalized spacial score (nSPS) is 10.7. The topological polar surface area (TPSA) is 105 Å². The van der Waals surface area contributed by atoms with E-state index >= 15 is 0 Å². The predicted molar refractivity (Wildman–Crippen MR) is 120 cm³/mol. The van der Waals surface area contributed by atoms with E-state index in [0.29, 0.717) is 13.2 Å². The highest BCUT2D eigenvalue weighted by molar-refractivity contribution is 5.73. The number of carboxylic acid groups (broad SMARTS) is 2. The maximum absolute atomic E-state index is 10.6. The van der Waals surface area contributed by atoms with E-state index in [4.69, 9.17) is 24.5 Å². The maximum Gasteiger partial charge on any atom is 0.490 e. The third-order valence-electron chi connectivity index (χ3n) is 4.54. The number of alkyl halides is 3. The van der Waals surface area contributed by atoms with Gasteiger partial charge in [-0.15, -0.1) is 0 Å². The lowest BCUT2D eigenvalue weighted by molar-refractivity contribution is -0.192. The predicted octanol–water partition coefficient (Wildman–Crippen LogP) is 4.34. The molecule has 0 saturated carbocycles. The van der Waals surface area contributed by atoms with Crippen molar-refractivity contribution in [2.45, 2.75) is 38.3 Å². The van der Waals surface area contributed by atoms with Crippen molar-refractivity contribution >= 4 is 11.9 Å². The molecule has 2 aromatic carbocycles. The van der Waals surface area contributed by atoms with E-state index in [1.807, 2.05) is 24.3 Å². The van der Waals surface area contributed by atoms with Crippen LogP contribution in [0, 0.1) is 0 Å². The van der Waals surface area contributed by atoms with Gasteiger partial charge in [0.1, 0.15) is 11.5 Å². The van der Waals surface area contributed by atoms with Crippen LogP contribution in [0.1, 0.15) is 30.4 Å². The highest BCUT2D eigenvalue weighted by Crippen LogP contribution is 2.15. The largest absolute Gasteiger partial charge is 0.497 e. The molecule has 0 amide bonds. The summed E-state index contributed by atoms with van der Waals surface area (Å²) in [5, 5.41) is 18.8. The Morgan fingerprint density at radius 1 is 0.853 bits per heavy atom. The fraction of sp³-hybridized carbons (Fsp3) is 0.417. The van der Waals surface area contributed by atoms with E-state index < -0.39 is 18.1 Å². The molecule has 10 heteroatoms. The summed E-state index contributed by atoms with van der Waals surface area (Å²) in [7, 11) is 1.67. The lowest BCUT2D eigenvalue weighted by Gasteiger charge is -2.08. The minimum Gasteiger partial charge on any atom is -0.497 e. The number of hydrogen-bond acceptors (Lipinski definition) is 5. The summed E-state index contributed by atoms with van der Waals surface area (Å²) >= 11 is 0. The lowest BCUT2D eigenvalue weighted by Crippen LogP contribution is -2.21. The molecule has 0 spiro atoms. The van der Waals surface area contributed by atoms with E-state index in [-0.39, 0.29) is 6.42 Å². The first-order valence-electron chi connectivity index (χ1n) is 10.7. The van der Waals surface area contributed by atoms with Crippen molar-refractivity contribution in [1.29, 1.82) is 0 Å². The van der Waals surface area contributed by atoms with Crippen LogP contribution < -0.4 is 14.8 Å². The number of benzene rings is 2. The second-order valence-electron chi connectivity index (χ2n) is 7.24. The number of methoxy groups -OCH3 is 1. The second kappa shape index (κ2) is 15.5. The smallest absolute Gasteiger partial charge is 0.490 e. The lowest BCUT2D eigenvalue weighted by atomic mass is 10.1. The summed E-state index contributed by atoms with van der Waals surface area (Å²) in [5.74, 6) is -1.74. The molecule has 0 heterocycles. The van der Waals surface area contributed by atoms with Gasteiger partial charge in [-0.1, -0.05) is 24.3 Å². The third-order valence-corrected chi connectivity index (χ3v) is 4.54. The number of ether oxygens (including phenoxy) is 2. The van der Waals surface area contributed by atoms with Crippen LogP contribution in [0.2, 0.25) is 0 Å². The van der Waals surface area contributed by atoms with Crippen LogP contribution in [-0.4, -0.2) is 55.1 Å². The van der Waals surface area contributed by atoms with Gasteiger partial charge >= 0.3 is 18.1 Å². The summed E-state index contributed by atoms with van der Waals surface area (Å²) in [6, 6.07) is 16.4. The van der Waals surface area contributed by atoms with Gasteiger partial charge in [-0.3, -0.25) is 4.79 Å². The van der Waals surface area contributed by atoms with Crippen molar-refractivity contribution in [3.8, 4) is 11.5 Å². The molecule has 0 radical (unpaired) electrons. The number of carboxylic acids is 2. The Hall–Kier alpha value is -3.27. The Labute approximate surface area is 196 Å². The first kappa shape index (κ1) is 28.8. The molecule has 0 atom stereocenters. The zero-order chi connectivity index (χ0) is 25.4. The van der Waals surface area contributed by atoms with Gasteiger partial charge in [0.05, 0.1) is 20.1 Å². The van der Waals surface area contributed by atoms with Crippen molar-refractivity contribution in [3.63, 3.8) is 0 Å². The fourth-order valence-electron chi connectivity index (χ4n) is 2.75. The SMILES string of the molecule is COc1ccc(CCCOc2ccc(CCCNCCC(=O)O)cc2)cc1.O=C(O)C(F)(F)F. The molecule has 34 heavy (non-hydrogen) atoms. The standard InChI is InChI=1S/C22H29NO4.C2HF3O2/c1-26-20-10-6-19(7-11-20)5-3-17-27-21-12-8-18(9-13-21)4-2-15-23-16-14-22(24)25;3-2(4,5)1(6)7/h6-13,23H,2-5,14-17H2,1H3,(H,24,25);(H,6,7). The average Bonchev–Trinajstić information content (AvgIpc) is 2.80. The Morgan fingerprint density at radius 2 is 1.35 bits per heavy atom. The highest BCUT2D eigenvalue weighted by atomic mass is 19.4. The highest BCUT2D eigenvalue weighted by Gasteiger charge is 2.38. The van der Waals surface area contributed by atoms with Crippen LogP contribution in [0.4, 0.5) is 13.2 Å². The molecule has 7 nitrogen and oxygen atoms in total. The first-order valence-corrected chi connectivity index (χ1v) is 10.7. The van der Waals surface area contributed by atoms with Gasteiger partial charge in [-0.2, -0.15) is 13.2 Å². The van der Waals surface area contributed by atoms with Crippen LogP contribution >= 0.6 is 0 Å². The van der Waals surface area contributed by atoms with Gasteiger partial charge in [0.15, 0.2) is 0 Å². The van der Waals surface area contributed by atoms with Crippen molar-refractivity contribution in [2.24, 2.45) is 0 Å². The molecule has 0 bridgehead atoms.